The highest BCUT2D eigenvalue weighted by molar-refractivity contribution is 5.95. The lowest BCUT2D eigenvalue weighted by atomic mass is 10.1. The largest absolute Gasteiger partial charge is 0.458 e. The fraction of sp³-hybridized carbons (Fsp3) is 0.118. The summed E-state index contributed by atoms with van der Waals surface area (Å²) in [6, 6.07) is 13.5. The third kappa shape index (κ3) is 3.55. The summed E-state index contributed by atoms with van der Waals surface area (Å²) < 4.78 is 5.16. The summed E-state index contributed by atoms with van der Waals surface area (Å²) in [7, 11) is 0. The Morgan fingerprint density at radius 3 is 2.68 bits per heavy atom. The molecule has 0 bridgehead atoms. The van der Waals surface area contributed by atoms with Crippen molar-refractivity contribution in [1.29, 1.82) is 0 Å². The van der Waals surface area contributed by atoms with Gasteiger partial charge < -0.3 is 4.74 Å². The molecule has 2 nitrogen and oxygen atoms in total. The molecule has 0 saturated heterocycles. The number of carbonyl (C=O) groups is 1. The predicted molar refractivity (Wildman–Crippen MR) is 78.2 cm³/mol. The van der Waals surface area contributed by atoms with Gasteiger partial charge in [0.25, 0.3) is 0 Å². The molecule has 19 heavy (non-hydrogen) atoms. The highest BCUT2D eigenvalue weighted by atomic mass is 16.5. The third-order valence-electron chi connectivity index (χ3n) is 2.74. The van der Waals surface area contributed by atoms with E-state index in [1.807, 2.05) is 61.5 Å². The molecule has 2 heteroatoms. The molecular formula is C17H16O2. The number of ether oxygens (including phenoxy) is 1. The molecule has 0 unspecified atom stereocenters. The Morgan fingerprint density at radius 1 is 1.11 bits per heavy atom. The van der Waals surface area contributed by atoms with Gasteiger partial charge >= 0.3 is 5.97 Å². The third-order valence-corrected chi connectivity index (χ3v) is 2.74. The molecule has 0 saturated carbocycles. The van der Waals surface area contributed by atoms with E-state index in [1.54, 1.807) is 12.1 Å². The fourth-order valence-corrected chi connectivity index (χ4v) is 1.77. The van der Waals surface area contributed by atoms with Gasteiger partial charge in [-0.15, -0.1) is 0 Å². The minimum Gasteiger partial charge on any atom is -0.458 e. The number of rotatable bonds is 4. The second kappa shape index (κ2) is 6.55. The van der Waals surface area contributed by atoms with Crippen LogP contribution < -0.4 is 0 Å². The number of esters is 1. The Kier molecular flexibility index (Phi) is 4.51. The minimum atomic E-state index is -0.295. The van der Waals surface area contributed by atoms with E-state index in [9.17, 15) is 4.79 Å². The molecular weight excluding hydrogens is 236 g/mol. The lowest BCUT2D eigenvalue weighted by Gasteiger charge is -2.03. The zero-order valence-electron chi connectivity index (χ0n) is 10.9. The molecule has 0 radical (unpaired) electrons. The molecule has 96 valence electrons. The van der Waals surface area contributed by atoms with Crippen molar-refractivity contribution in [3.63, 3.8) is 0 Å². The maximum atomic E-state index is 11.8. The van der Waals surface area contributed by atoms with E-state index in [2.05, 4.69) is 0 Å². The van der Waals surface area contributed by atoms with Gasteiger partial charge in [-0.1, -0.05) is 48.6 Å². The summed E-state index contributed by atoms with van der Waals surface area (Å²) >= 11 is 0. The zero-order valence-corrected chi connectivity index (χ0v) is 10.9. The Labute approximate surface area is 113 Å². The molecule has 0 heterocycles. The molecule has 2 rings (SSSR count). The molecule has 2 aromatic rings. The molecule has 0 atom stereocenters. The minimum absolute atomic E-state index is 0.288. The van der Waals surface area contributed by atoms with Crippen LogP contribution in [0.5, 0.6) is 0 Å². The van der Waals surface area contributed by atoms with Crippen molar-refractivity contribution in [2.75, 3.05) is 6.61 Å². The summed E-state index contributed by atoms with van der Waals surface area (Å²) in [6.45, 7) is 2.22. The first-order chi connectivity index (χ1) is 9.31. The summed E-state index contributed by atoms with van der Waals surface area (Å²) in [4.78, 5) is 11.8. The maximum absolute atomic E-state index is 11.8. The van der Waals surface area contributed by atoms with Crippen LogP contribution in [0.2, 0.25) is 0 Å². The van der Waals surface area contributed by atoms with Crippen molar-refractivity contribution in [2.24, 2.45) is 0 Å². The molecule has 0 N–H and O–H groups in total. The number of hydrogen-bond acceptors (Lipinski definition) is 2. The van der Waals surface area contributed by atoms with Gasteiger partial charge in [0, 0.05) is 0 Å². The average Bonchev–Trinajstić information content (AvgIpc) is 2.46. The number of allylic oxidation sites excluding steroid dienone is 3. The van der Waals surface area contributed by atoms with E-state index < -0.39 is 0 Å². The van der Waals surface area contributed by atoms with Gasteiger partial charge in [-0.25, -0.2) is 4.79 Å². The summed E-state index contributed by atoms with van der Waals surface area (Å²) in [5.41, 5.74) is 0.582. The molecule has 0 fully saturated rings. The van der Waals surface area contributed by atoms with Crippen LogP contribution in [0, 0.1) is 0 Å². The predicted octanol–water partition coefficient (Wildman–Crippen LogP) is 4.13. The van der Waals surface area contributed by atoms with Crippen molar-refractivity contribution in [3.05, 3.63) is 72.3 Å². The Hall–Kier alpha value is -2.35. The summed E-state index contributed by atoms with van der Waals surface area (Å²) in [6.07, 6.45) is 7.47. The first kappa shape index (κ1) is 13.1. The van der Waals surface area contributed by atoms with Crippen LogP contribution in [0.25, 0.3) is 10.8 Å². The van der Waals surface area contributed by atoms with Crippen LogP contribution in [0.1, 0.15) is 17.3 Å². The van der Waals surface area contributed by atoms with Gasteiger partial charge in [0.15, 0.2) is 0 Å². The Balaban J connectivity index is 2.05. The van der Waals surface area contributed by atoms with Crippen LogP contribution in [-0.2, 0) is 4.74 Å². The van der Waals surface area contributed by atoms with E-state index in [0.29, 0.717) is 5.56 Å². The number of benzene rings is 2. The van der Waals surface area contributed by atoms with Gasteiger partial charge in [-0.3, -0.25) is 0 Å². The highest BCUT2D eigenvalue weighted by Crippen LogP contribution is 2.16. The van der Waals surface area contributed by atoms with Crippen molar-refractivity contribution < 1.29 is 9.53 Å². The summed E-state index contributed by atoms with van der Waals surface area (Å²) in [5.74, 6) is -0.295. The number of hydrogen-bond donors (Lipinski definition) is 0. The topological polar surface area (TPSA) is 26.3 Å². The summed E-state index contributed by atoms with van der Waals surface area (Å²) in [5, 5.41) is 2.16. The first-order valence-corrected chi connectivity index (χ1v) is 6.25. The normalized spacial score (nSPS) is 11.4. The molecule has 0 aliphatic heterocycles. The van der Waals surface area contributed by atoms with Gasteiger partial charge in [0.1, 0.15) is 6.61 Å². The lowest BCUT2D eigenvalue weighted by molar-refractivity contribution is 0.0549. The van der Waals surface area contributed by atoms with Crippen LogP contribution in [0.3, 0.4) is 0 Å². The first-order valence-electron chi connectivity index (χ1n) is 6.25. The Bertz CT molecular complexity index is 624. The smallest absolute Gasteiger partial charge is 0.338 e. The maximum Gasteiger partial charge on any atom is 0.338 e. The van der Waals surface area contributed by atoms with Gasteiger partial charge in [-0.05, 0) is 35.9 Å². The van der Waals surface area contributed by atoms with Crippen molar-refractivity contribution >= 4 is 16.7 Å². The van der Waals surface area contributed by atoms with E-state index in [-0.39, 0.29) is 12.6 Å². The van der Waals surface area contributed by atoms with Crippen molar-refractivity contribution in [2.45, 2.75) is 6.92 Å². The van der Waals surface area contributed by atoms with Crippen molar-refractivity contribution in [1.82, 2.24) is 0 Å². The van der Waals surface area contributed by atoms with Crippen LogP contribution in [0.15, 0.2) is 66.8 Å². The second-order valence-corrected chi connectivity index (χ2v) is 4.11. The standard InChI is InChI=1S/C17H16O2/c1-2-3-4-7-12-19-17(18)16-11-10-14-8-5-6-9-15(14)13-16/h2-11,13H,12H2,1H3/b3-2+,7-4+. The fourth-order valence-electron chi connectivity index (χ4n) is 1.77. The van der Waals surface area contributed by atoms with Crippen LogP contribution >= 0.6 is 0 Å². The van der Waals surface area contributed by atoms with E-state index in [4.69, 9.17) is 4.74 Å². The number of carbonyl (C=O) groups excluding carboxylic acids is 1. The van der Waals surface area contributed by atoms with E-state index in [1.165, 1.54) is 0 Å². The van der Waals surface area contributed by atoms with Crippen molar-refractivity contribution in [3.8, 4) is 0 Å². The monoisotopic (exact) mass is 252 g/mol. The zero-order chi connectivity index (χ0) is 13.5. The molecule has 2 aromatic carbocycles. The average molecular weight is 252 g/mol. The van der Waals surface area contributed by atoms with Gasteiger partial charge in [0.05, 0.1) is 5.56 Å². The van der Waals surface area contributed by atoms with Gasteiger partial charge in [0.2, 0.25) is 0 Å². The molecule has 0 amide bonds. The van der Waals surface area contributed by atoms with Gasteiger partial charge in [-0.2, -0.15) is 0 Å². The quantitative estimate of drug-likeness (QED) is 0.604. The SMILES string of the molecule is C/C=C/C=C/COC(=O)c1ccc2ccccc2c1. The highest BCUT2D eigenvalue weighted by Gasteiger charge is 2.06. The second-order valence-electron chi connectivity index (χ2n) is 4.11. The molecule has 0 aliphatic carbocycles. The molecule has 0 aromatic heterocycles. The number of fused-ring (bicyclic) bond motifs is 1. The van der Waals surface area contributed by atoms with Crippen LogP contribution in [0.4, 0.5) is 0 Å². The van der Waals surface area contributed by atoms with E-state index in [0.717, 1.165) is 10.8 Å². The Morgan fingerprint density at radius 2 is 1.89 bits per heavy atom. The van der Waals surface area contributed by atoms with Crippen LogP contribution in [-0.4, -0.2) is 12.6 Å². The molecule has 0 spiro atoms. The molecule has 0 aliphatic rings. The van der Waals surface area contributed by atoms with E-state index >= 15 is 0 Å². The lowest BCUT2D eigenvalue weighted by Crippen LogP contribution is -2.04.